The van der Waals surface area contributed by atoms with E-state index < -0.39 is 35.7 Å². The van der Waals surface area contributed by atoms with Crippen LogP contribution in [0.5, 0.6) is 0 Å². The number of anilines is 1. The van der Waals surface area contributed by atoms with Crippen LogP contribution in [-0.2, 0) is 20.2 Å². The first-order chi connectivity index (χ1) is 14.0. The van der Waals surface area contributed by atoms with E-state index in [4.69, 9.17) is 22.1 Å². The Balaban J connectivity index is 2.53. The molecular weight excluding hydrogens is 456 g/mol. The van der Waals surface area contributed by atoms with Crippen molar-refractivity contribution in [2.45, 2.75) is 9.79 Å². The Morgan fingerprint density at radius 2 is 1.43 bits per heavy atom. The Morgan fingerprint density at radius 3 is 1.93 bits per heavy atom. The van der Waals surface area contributed by atoms with Gasteiger partial charge < -0.3 is 0 Å². The molecule has 0 heterocycles. The summed E-state index contributed by atoms with van der Waals surface area (Å²) in [6, 6.07) is 10.3. The number of hydrazone groups is 1. The smallest absolute Gasteiger partial charge is 0.282 e. The largest absolute Gasteiger partial charge is 0.295 e. The average molecular weight is 467 g/mol. The summed E-state index contributed by atoms with van der Waals surface area (Å²) in [4.78, 5) is -1.05. The molecule has 0 bridgehead atoms. The molecule has 0 fully saturated rings. The Hall–Kier alpha value is -3.26. The van der Waals surface area contributed by atoms with Gasteiger partial charge in [-0.05, 0) is 35.4 Å². The summed E-state index contributed by atoms with van der Waals surface area (Å²) in [5.41, 5.74) is 1.85. The van der Waals surface area contributed by atoms with Crippen molar-refractivity contribution in [3.05, 3.63) is 52.5 Å². The van der Waals surface area contributed by atoms with Crippen molar-refractivity contribution in [2.75, 3.05) is 5.43 Å². The fourth-order valence-corrected chi connectivity index (χ4v) is 3.87. The molecule has 0 unspecified atom stereocenters. The van der Waals surface area contributed by atoms with Crippen LogP contribution in [0.4, 0.5) is 5.69 Å². The van der Waals surface area contributed by atoms with E-state index in [2.05, 4.69) is 10.5 Å². The van der Waals surface area contributed by atoms with Gasteiger partial charge in [0.2, 0.25) is 5.71 Å². The highest BCUT2D eigenvalue weighted by atomic mass is 35.5. The van der Waals surface area contributed by atoms with Gasteiger partial charge in [0.1, 0.15) is 21.9 Å². The predicted molar refractivity (Wildman–Crippen MR) is 109 cm³/mol. The molecule has 0 aliphatic rings. The van der Waals surface area contributed by atoms with Crippen LogP contribution in [0.1, 0.15) is 11.1 Å². The molecular formula is C17H11ClN4O6S2. The third-order valence-corrected chi connectivity index (χ3v) is 5.55. The number of hydrogen-bond acceptors (Lipinski definition) is 8. The van der Waals surface area contributed by atoms with Crippen LogP contribution < -0.4 is 5.43 Å². The molecule has 154 valence electrons. The molecule has 0 saturated heterocycles. The highest BCUT2D eigenvalue weighted by molar-refractivity contribution is 7.86. The molecule has 0 amide bonds. The lowest BCUT2D eigenvalue weighted by atomic mass is 10.1. The van der Waals surface area contributed by atoms with Gasteiger partial charge in [-0.2, -0.15) is 32.5 Å². The number of hydrogen-bond donors (Lipinski definition) is 3. The van der Waals surface area contributed by atoms with Crippen molar-refractivity contribution in [1.29, 1.82) is 10.5 Å². The van der Waals surface area contributed by atoms with Crippen LogP contribution >= 0.6 is 11.6 Å². The van der Waals surface area contributed by atoms with Crippen LogP contribution in [0.2, 0.25) is 5.02 Å². The molecule has 0 radical (unpaired) electrons. The quantitative estimate of drug-likeness (QED) is 0.249. The molecule has 3 N–H and O–H groups in total. The first-order valence-electron chi connectivity index (χ1n) is 7.66. The summed E-state index contributed by atoms with van der Waals surface area (Å²) in [6.07, 6.45) is 2.40. The van der Waals surface area contributed by atoms with E-state index in [1.807, 2.05) is 0 Å². The van der Waals surface area contributed by atoms with Crippen LogP contribution in [-0.4, -0.2) is 31.7 Å². The number of benzene rings is 2. The monoisotopic (exact) mass is 466 g/mol. The highest BCUT2D eigenvalue weighted by Gasteiger charge is 2.17. The standard InChI is InChI=1S/C17H11ClN4O6S2/c18-13-5-3-11(16(7-13)29(23,24)25)1-2-12-4-6-14(8-17(12)30(26,27)28)21-22-15(9-19)10-20/h1-8,21H,(H,23,24,25)(H,26,27,28). The molecule has 0 aliphatic heterocycles. The van der Waals surface area contributed by atoms with Crippen molar-refractivity contribution in [2.24, 2.45) is 5.10 Å². The minimum atomic E-state index is -4.71. The first-order valence-corrected chi connectivity index (χ1v) is 10.9. The summed E-state index contributed by atoms with van der Waals surface area (Å²) < 4.78 is 65.4. The fourth-order valence-electron chi connectivity index (χ4n) is 2.21. The van der Waals surface area contributed by atoms with Crippen LogP contribution in [0.25, 0.3) is 12.2 Å². The lowest BCUT2D eigenvalue weighted by Gasteiger charge is -2.07. The van der Waals surface area contributed by atoms with Crippen molar-refractivity contribution < 1.29 is 25.9 Å². The van der Waals surface area contributed by atoms with Crippen LogP contribution in [0.3, 0.4) is 0 Å². The Bertz CT molecular complexity index is 1340. The van der Waals surface area contributed by atoms with Crippen LogP contribution in [0, 0.1) is 22.7 Å². The zero-order chi connectivity index (χ0) is 22.5. The second-order valence-corrected chi connectivity index (χ2v) is 8.73. The van der Waals surface area contributed by atoms with Gasteiger partial charge in [0.25, 0.3) is 20.2 Å². The number of nitrogens with one attached hydrogen (secondary N) is 1. The lowest BCUT2D eigenvalue weighted by Crippen LogP contribution is -2.03. The zero-order valence-corrected chi connectivity index (χ0v) is 17.1. The SMILES string of the molecule is N#CC(C#N)=NNc1ccc(C=Cc2ccc(Cl)cc2S(=O)(=O)O)c(S(=O)(=O)O)c1. The normalized spacial score (nSPS) is 11.5. The van der Waals surface area contributed by atoms with Crippen molar-refractivity contribution in [3.8, 4) is 12.1 Å². The Kier molecular flexibility index (Phi) is 6.94. The topological polar surface area (TPSA) is 181 Å². The molecule has 2 aromatic carbocycles. The Morgan fingerprint density at radius 1 is 0.933 bits per heavy atom. The lowest BCUT2D eigenvalue weighted by molar-refractivity contribution is 0.480. The van der Waals surface area contributed by atoms with E-state index in [-0.39, 0.29) is 21.8 Å². The molecule has 10 nitrogen and oxygen atoms in total. The summed E-state index contributed by atoms with van der Waals surface area (Å²) in [6.45, 7) is 0. The Labute approximate surface area is 176 Å². The molecule has 30 heavy (non-hydrogen) atoms. The van der Waals surface area contributed by atoms with Gasteiger partial charge in [-0.3, -0.25) is 14.5 Å². The third-order valence-electron chi connectivity index (χ3n) is 3.50. The third kappa shape index (κ3) is 5.87. The maximum absolute atomic E-state index is 11.7. The van der Waals surface area contributed by atoms with Gasteiger partial charge in [0.15, 0.2) is 0 Å². The van der Waals surface area contributed by atoms with Gasteiger partial charge in [-0.25, -0.2) is 0 Å². The number of nitrogens with zero attached hydrogens (tertiary/aromatic N) is 3. The highest BCUT2D eigenvalue weighted by Crippen LogP contribution is 2.26. The molecule has 0 spiro atoms. The molecule has 0 atom stereocenters. The zero-order valence-electron chi connectivity index (χ0n) is 14.7. The number of halogens is 1. The summed E-state index contributed by atoms with van der Waals surface area (Å²) in [5.74, 6) is 0. The molecule has 0 saturated carbocycles. The second-order valence-electron chi connectivity index (χ2n) is 5.51. The minimum absolute atomic E-state index is 0.0164. The van der Waals surface area contributed by atoms with Gasteiger partial charge in [0.05, 0.1) is 5.69 Å². The fraction of sp³-hybridized carbons (Fsp3) is 0. The van der Waals surface area contributed by atoms with Gasteiger partial charge in [-0.1, -0.05) is 35.9 Å². The minimum Gasteiger partial charge on any atom is -0.282 e. The molecule has 2 aromatic rings. The predicted octanol–water partition coefficient (Wildman–Crippen LogP) is 2.82. The van der Waals surface area contributed by atoms with E-state index in [1.54, 1.807) is 0 Å². The maximum Gasteiger partial charge on any atom is 0.295 e. The molecule has 0 aromatic heterocycles. The summed E-state index contributed by atoms with van der Waals surface area (Å²) in [5, 5.41) is 20.8. The summed E-state index contributed by atoms with van der Waals surface area (Å²) in [7, 11) is -9.32. The molecule has 13 heteroatoms. The first kappa shape index (κ1) is 23.0. The van der Waals surface area contributed by atoms with E-state index in [9.17, 15) is 25.9 Å². The second kappa shape index (κ2) is 9.04. The summed E-state index contributed by atoms with van der Waals surface area (Å²) >= 11 is 5.75. The average Bonchev–Trinajstić information content (AvgIpc) is 2.66. The number of nitriles is 2. The molecule has 0 aliphatic carbocycles. The van der Waals surface area contributed by atoms with E-state index >= 15 is 0 Å². The van der Waals surface area contributed by atoms with Crippen molar-refractivity contribution in [3.63, 3.8) is 0 Å². The maximum atomic E-state index is 11.7. The van der Waals surface area contributed by atoms with Crippen LogP contribution in [0.15, 0.2) is 51.3 Å². The van der Waals surface area contributed by atoms with Crippen molar-refractivity contribution >= 4 is 55.4 Å². The van der Waals surface area contributed by atoms with Crippen molar-refractivity contribution in [1.82, 2.24) is 0 Å². The van der Waals surface area contributed by atoms with Gasteiger partial charge in [0, 0.05) is 5.02 Å². The molecule has 2 rings (SSSR count). The van der Waals surface area contributed by atoms with Gasteiger partial charge in [-0.15, -0.1) is 0 Å². The number of rotatable bonds is 6. The van der Waals surface area contributed by atoms with Gasteiger partial charge >= 0.3 is 0 Å². The van der Waals surface area contributed by atoms with E-state index in [0.717, 1.165) is 12.1 Å². The van der Waals surface area contributed by atoms with E-state index in [1.165, 1.54) is 48.6 Å². The van der Waals surface area contributed by atoms with E-state index in [0.29, 0.717) is 0 Å².